The molecule has 100 valence electrons. The van der Waals surface area contributed by atoms with Crippen LogP contribution in [-0.2, 0) is 0 Å². The van der Waals surface area contributed by atoms with E-state index in [1.165, 1.54) is 0 Å². The molecule has 0 atom stereocenters. The third-order valence-electron chi connectivity index (χ3n) is 3.56. The summed E-state index contributed by atoms with van der Waals surface area (Å²) in [6, 6.07) is 5.78. The molecule has 0 aliphatic rings. The van der Waals surface area contributed by atoms with Crippen molar-refractivity contribution >= 4 is 28.5 Å². The van der Waals surface area contributed by atoms with Gasteiger partial charge in [0.25, 0.3) is 5.91 Å². The van der Waals surface area contributed by atoms with E-state index in [1.54, 1.807) is 0 Å². The molecule has 0 unspecified atom stereocenters. The van der Waals surface area contributed by atoms with Crippen LogP contribution in [0.5, 0.6) is 0 Å². The van der Waals surface area contributed by atoms with Crippen molar-refractivity contribution in [2.75, 3.05) is 6.54 Å². The molecule has 0 heterocycles. The quantitative estimate of drug-likeness (QED) is 0.794. The van der Waals surface area contributed by atoms with Crippen molar-refractivity contribution in [1.29, 1.82) is 0 Å². The summed E-state index contributed by atoms with van der Waals surface area (Å²) in [6.07, 6.45) is 1.68. The summed E-state index contributed by atoms with van der Waals surface area (Å²) in [5, 5.41) is 3.10. The number of carbonyl (C=O) groups excluding carboxylic acids is 1. The third-order valence-corrected chi connectivity index (χ3v) is 4.99. The van der Waals surface area contributed by atoms with E-state index in [-0.39, 0.29) is 11.4 Å². The van der Waals surface area contributed by atoms with Crippen molar-refractivity contribution in [3.63, 3.8) is 0 Å². The highest BCUT2D eigenvalue weighted by Crippen LogP contribution is 2.19. The third kappa shape index (κ3) is 3.23. The van der Waals surface area contributed by atoms with Gasteiger partial charge < -0.3 is 11.1 Å². The highest BCUT2D eigenvalue weighted by Gasteiger charge is 2.27. The number of benzene rings is 1. The number of halogens is 1. The van der Waals surface area contributed by atoms with Crippen LogP contribution in [0, 0.1) is 10.5 Å². The Morgan fingerprint density at radius 3 is 2.50 bits per heavy atom. The predicted molar refractivity (Wildman–Crippen MR) is 83.7 cm³/mol. The second kappa shape index (κ2) is 6.52. The van der Waals surface area contributed by atoms with E-state index in [0.717, 1.165) is 27.5 Å². The molecule has 1 aromatic carbocycles. The van der Waals surface area contributed by atoms with E-state index in [4.69, 9.17) is 5.73 Å². The van der Waals surface area contributed by atoms with Crippen LogP contribution >= 0.6 is 22.6 Å². The second-order valence-corrected chi connectivity index (χ2v) is 5.66. The zero-order valence-corrected chi connectivity index (χ0v) is 13.4. The first-order chi connectivity index (χ1) is 8.49. The molecule has 0 spiro atoms. The smallest absolute Gasteiger partial charge is 0.252 e. The topological polar surface area (TPSA) is 55.1 Å². The van der Waals surface area contributed by atoms with Crippen LogP contribution in [-0.4, -0.2) is 18.0 Å². The molecule has 0 saturated heterocycles. The van der Waals surface area contributed by atoms with Gasteiger partial charge in [-0.1, -0.05) is 26.0 Å². The summed E-state index contributed by atoms with van der Waals surface area (Å²) in [4.78, 5) is 12.3. The summed E-state index contributed by atoms with van der Waals surface area (Å²) >= 11 is 2.22. The number of hydrogen-bond acceptors (Lipinski definition) is 2. The predicted octanol–water partition coefficient (Wildman–Crippen LogP) is 2.85. The lowest BCUT2D eigenvalue weighted by Gasteiger charge is -2.31. The zero-order chi connectivity index (χ0) is 13.8. The Bertz CT molecular complexity index is 420. The van der Waals surface area contributed by atoms with E-state index in [9.17, 15) is 4.79 Å². The average Bonchev–Trinajstić information content (AvgIpc) is 2.39. The SMILES string of the molecule is CCC(CC)(CN)NC(=O)c1cccc(C)c1I. The van der Waals surface area contributed by atoms with Gasteiger partial charge in [0.1, 0.15) is 0 Å². The molecule has 0 aromatic heterocycles. The summed E-state index contributed by atoms with van der Waals surface area (Å²) in [5.74, 6) is -0.0303. The van der Waals surface area contributed by atoms with Gasteiger partial charge in [-0.25, -0.2) is 0 Å². The molecule has 0 aliphatic heterocycles. The minimum Gasteiger partial charge on any atom is -0.345 e. The van der Waals surface area contributed by atoms with Crippen molar-refractivity contribution in [3.05, 3.63) is 32.9 Å². The molecule has 0 fully saturated rings. The van der Waals surface area contributed by atoms with Crippen LogP contribution in [0.2, 0.25) is 0 Å². The van der Waals surface area contributed by atoms with Gasteiger partial charge in [-0.3, -0.25) is 4.79 Å². The molecular formula is C14H21IN2O. The maximum absolute atomic E-state index is 12.3. The van der Waals surface area contributed by atoms with Crippen LogP contribution in [0.25, 0.3) is 0 Å². The van der Waals surface area contributed by atoms with Crippen molar-refractivity contribution in [1.82, 2.24) is 5.32 Å². The van der Waals surface area contributed by atoms with Gasteiger partial charge in [-0.2, -0.15) is 0 Å². The van der Waals surface area contributed by atoms with Gasteiger partial charge in [-0.15, -0.1) is 0 Å². The van der Waals surface area contributed by atoms with Gasteiger partial charge in [0, 0.05) is 10.1 Å². The van der Waals surface area contributed by atoms with Crippen LogP contribution in [0.15, 0.2) is 18.2 Å². The molecule has 3 N–H and O–H groups in total. The summed E-state index contributed by atoms with van der Waals surface area (Å²) < 4.78 is 1.01. The van der Waals surface area contributed by atoms with Crippen LogP contribution < -0.4 is 11.1 Å². The molecule has 1 amide bonds. The van der Waals surface area contributed by atoms with E-state index < -0.39 is 0 Å². The minimum absolute atomic E-state index is 0.0303. The summed E-state index contributed by atoms with van der Waals surface area (Å²) in [5.41, 5.74) is 7.37. The van der Waals surface area contributed by atoms with Gasteiger partial charge in [0.05, 0.1) is 11.1 Å². The number of nitrogens with two attached hydrogens (primary N) is 1. The van der Waals surface area contributed by atoms with Crippen LogP contribution in [0.3, 0.4) is 0 Å². The Morgan fingerprint density at radius 1 is 1.39 bits per heavy atom. The lowest BCUT2D eigenvalue weighted by Crippen LogP contribution is -2.53. The second-order valence-electron chi connectivity index (χ2n) is 4.58. The average molecular weight is 360 g/mol. The van der Waals surface area contributed by atoms with Gasteiger partial charge in [0.15, 0.2) is 0 Å². The van der Waals surface area contributed by atoms with Crippen LogP contribution in [0.4, 0.5) is 0 Å². The number of amides is 1. The molecule has 1 rings (SSSR count). The fourth-order valence-corrected chi connectivity index (χ4v) is 2.50. The molecule has 0 aliphatic carbocycles. The number of nitrogens with one attached hydrogen (secondary N) is 1. The Balaban J connectivity index is 2.98. The summed E-state index contributed by atoms with van der Waals surface area (Å²) in [7, 11) is 0. The van der Waals surface area contributed by atoms with E-state index >= 15 is 0 Å². The highest BCUT2D eigenvalue weighted by atomic mass is 127. The van der Waals surface area contributed by atoms with Gasteiger partial charge in [0.2, 0.25) is 0 Å². The lowest BCUT2D eigenvalue weighted by atomic mass is 9.92. The number of aryl methyl sites for hydroxylation is 1. The molecular weight excluding hydrogens is 339 g/mol. The van der Waals surface area contributed by atoms with Crippen molar-refractivity contribution in [2.24, 2.45) is 5.73 Å². The minimum atomic E-state index is -0.288. The van der Waals surface area contributed by atoms with Crippen molar-refractivity contribution < 1.29 is 4.79 Å². The fraction of sp³-hybridized carbons (Fsp3) is 0.500. The van der Waals surface area contributed by atoms with Gasteiger partial charge in [-0.05, 0) is 54.0 Å². The van der Waals surface area contributed by atoms with Gasteiger partial charge >= 0.3 is 0 Å². The Labute approximate surface area is 123 Å². The monoisotopic (exact) mass is 360 g/mol. The maximum Gasteiger partial charge on any atom is 0.252 e. The first kappa shape index (κ1) is 15.4. The zero-order valence-electron chi connectivity index (χ0n) is 11.2. The Morgan fingerprint density at radius 2 is 2.00 bits per heavy atom. The molecule has 1 aromatic rings. The van der Waals surface area contributed by atoms with E-state index in [2.05, 4.69) is 41.8 Å². The maximum atomic E-state index is 12.3. The van der Waals surface area contributed by atoms with Crippen molar-refractivity contribution in [2.45, 2.75) is 39.2 Å². The van der Waals surface area contributed by atoms with Crippen molar-refractivity contribution in [3.8, 4) is 0 Å². The normalized spacial score (nSPS) is 11.4. The first-order valence-electron chi connectivity index (χ1n) is 6.27. The molecule has 18 heavy (non-hydrogen) atoms. The molecule has 0 bridgehead atoms. The number of hydrogen-bond donors (Lipinski definition) is 2. The highest BCUT2D eigenvalue weighted by molar-refractivity contribution is 14.1. The number of carbonyl (C=O) groups is 1. The largest absolute Gasteiger partial charge is 0.345 e. The molecule has 0 radical (unpaired) electrons. The Hall–Kier alpha value is -0.620. The van der Waals surface area contributed by atoms with E-state index in [1.807, 2.05) is 25.1 Å². The summed E-state index contributed by atoms with van der Waals surface area (Å²) in [6.45, 7) is 6.58. The fourth-order valence-electron chi connectivity index (χ4n) is 1.90. The first-order valence-corrected chi connectivity index (χ1v) is 7.35. The lowest BCUT2D eigenvalue weighted by molar-refractivity contribution is 0.0894. The molecule has 0 saturated carbocycles. The Kier molecular flexibility index (Phi) is 5.59. The standard InChI is InChI=1S/C14H21IN2O/c1-4-14(5-2,9-16)17-13(18)11-8-6-7-10(3)12(11)15/h6-8H,4-5,9,16H2,1-3H3,(H,17,18). The van der Waals surface area contributed by atoms with Crippen LogP contribution in [0.1, 0.15) is 42.6 Å². The number of rotatable bonds is 5. The van der Waals surface area contributed by atoms with E-state index in [0.29, 0.717) is 6.54 Å². The molecule has 3 nitrogen and oxygen atoms in total. The molecule has 4 heteroatoms.